The van der Waals surface area contributed by atoms with Gasteiger partial charge in [0.15, 0.2) is 0 Å². The molecule has 0 radical (unpaired) electrons. The summed E-state index contributed by atoms with van der Waals surface area (Å²) in [7, 11) is -3.61. The van der Waals surface area contributed by atoms with Gasteiger partial charge in [-0.2, -0.15) is 4.31 Å². The first-order valence-electron chi connectivity index (χ1n) is 5.94. The fourth-order valence-corrected chi connectivity index (χ4v) is 3.86. The first-order valence-corrected chi connectivity index (χ1v) is 7.38. The lowest BCUT2D eigenvalue weighted by atomic mass is 10.1. The molecule has 1 aromatic carbocycles. The van der Waals surface area contributed by atoms with E-state index in [4.69, 9.17) is 0 Å². The van der Waals surface area contributed by atoms with Crippen LogP contribution in [0.2, 0.25) is 0 Å². The number of halogens is 1. The van der Waals surface area contributed by atoms with Crippen molar-refractivity contribution in [2.45, 2.75) is 30.8 Å². The van der Waals surface area contributed by atoms with Crippen LogP contribution in [0.4, 0.5) is 4.39 Å². The van der Waals surface area contributed by atoms with Crippen LogP contribution in [0, 0.1) is 5.82 Å². The minimum absolute atomic E-state index is 0.0171. The summed E-state index contributed by atoms with van der Waals surface area (Å²) >= 11 is 0. The van der Waals surface area contributed by atoms with Crippen molar-refractivity contribution in [1.29, 1.82) is 0 Å². The normalized spacial score (nSPS) is 26.2. The van der Waals surface area contributed by atoms with Gasteiger partial charge in [0.2, 0.25) is 10.0 Å². The molecule has 1 saturated heterocycles. The molecule has 1 fully saturated rings. The lowest BCUT2D eigenvalue weighted by molar-refractivity contribution is 0.233. The fraction of sp³-hybridized carbons (Fsp3) is 0.500. The van der Waals surface area contributed by atoms with E-state index in [1.165, 1.54) is 22.5 Å². The summed E-state index contributed by atoms with van der Waals surface area (Å²) in [4.78, 5) is 0.0171. The highest BCUT2D eigenvalue weighted by Crippen LogP contribution is 2.21. The predicted molar refractivity (Wildman–Crippen MR) is 67.2 cm³/mol. The number of hydrogen-bond acceptors (Lipinski definition) is 3. The Labute approximate surface area is 107 Å². The van der Waals surface area contributed by atoms with Crippen molar-refractivity contribution in [2.24, 2.45) is 0 Å². The van der Waals surface area contributed by atoms with Crippen molar-refractivity contribution in [2.75, 3.05) is 13.1 Å². The van der Waals surface area contributed by atoms with E-state index in [2.05, 4.69) is 5.32 Å². The van der Waals surface area contributed by atoms with Gasteiger partial charge in [0.05, 0.1) is 4.90 Å². The lowest BCUT2D eigenvalue weighted by Gasteiger charge is -2.37. The summed E-state index contributed by atoms with van der Waals surface area (Å²) in [6.45, 7) is 4.82. The molecule has 0 amide bonds. The molecule has 4 nitrogen and oxygen atoms in total. The highest BCUT2D eigenvalue weighted by atomic mass is 32.2. The average molecular weight is 272 g/mol. The van der Waals surface area contributed by atoms with Gasteiger partial charge in [-0.1, -0.05) is 6.07 Å². The minimum atomic E-state index is -3.61. The topological polar surface area (TPSA) is 49.4 Å². The van der Waals surface area contributed by atoms with Gasteiger partial charge in [0.25, 0.3) is 0 Å². The number of benzene rings is 1. The van der Waals surface area contributed by atoms with Crippen LogP contribution in [0.1, 0.15) is 13.8 Å². The number of rotatable bonds is 2. The monoisotopic (exact) mass is 272 g/mol. The number of nitrogens with zero attached hydrogens (tertiary/aromatic N) is 1. The maximum atomic E-state index is 13.1. The minimum Gasteiger partial charge on any atom is -0.311 e. The van der Waals surface area contributed by atoms with E-state index in [-0.39, 0.29) is 17.0 Å². The van der Waals surface area contributed by atoms with Crippen LogP contribution in [0.15, 0.2) is 29.2 Å². The second-order valence-electron chi connectivity index (χ2n) is 4.56. The zero-order valence-electron chi connectivity index (χ0n) is 10.4. The Kier molecular flexibility index (Phi) is 3.70. The summed E-state index contributed by atoms with van der Waals surface area (Å²) in [5.41, 5.74) is 0. The molecule has 1 aromatic rings. The molecule has 100 valence electrons. The number of sulfonamides is 1. The second kappa shape index (κ2) is 4.95. The fourth-order valence-electron chi connectivity index (χ4n) is 2.13. The van der Waals surface area contributed by atoms with Gasteiger partial charge in [-0.15, -0.1) is 0 Å². The van der Waals surface area contributed by atoms with E-state index in [0.29, 0.717) is 13.1 Å². The SMILES string of the molecule is CC1NCCN(S(=O)(=O)c2cccc(F)c2)C1C. The van der Waals surface area contributed by atoms with Crippen LogP contribution in [0.25, 0.3) is 0 Å². The molecule has 6 heteroatoms. The number of nitrogens with one attached hydrogen (secondary N) is 1. The smallest absolute Gasteiger partial charge is 0.243 e. The summed E-state index contributed by atoms with van der Waals surface area (Å²) in [6.07, 6.45) is 0. The third kappa shape index (κ3) is 2.41. The Hall–Kier alpha value is -0.980. The van der Waals surface area contributed by atoms with E-state index in [9.17, 15) is 12.8 Å². The summed E-state index contributed by atoms with van der Waals surface area (Å²) in [6, 6.07) is 5.09. The highest BCUT2D eigenvalue weighted by molar-refractivity contribution is 7.89. The van der Waals surface area contributed by atoms with Gasteiger partial charge < -0.3 is 5.32 Å². The molecule has 0 bridgehead atoms. The molecule has 2 atom stereocenters. The Morgan fingerprint density at radius 1 is 1.39 bits per heavy atom. The van der Waals surface area contributed by atoms with Crippen molar-refractivity contribution >= 4 is 10.0 Å². The first kappa shape index (κ1) is 13.5. The molecule has 0 spiro atoms. The zero-order chi connectivity index (χ0) is 13.3. The average Bonchev–Trinajstić information content (AvgIpc) is 2.32. The van der Waals surface area contributed by atoms with Crippen molar-refractivity contribution < 1.29 is 12.8 Å². The summed E-state index contributed by atoms with van der Waals surface area (Å²) in [5.74, 6) is -0.535. The molecule has 1 aliphatic heterocycles. The highest BCUT2D eigenvalue weighted by Gasteiger charge is 2.34. The Morgan fingerprint density at radius 3 is 2.78 bits per heavy atom. The van der Waals surface area contributed by atoms with E-state index < -0.39 is 15.8 Å². The maximum absolute atomic E-state index is 13.1. The van der Waals surface area contributed by atoms with Gasteiger partial charge in [-0.3, -0.25) is 0 Å². The summed E-state index contributed by atoms with van der Waals surface area (Å²) in [5, 5.41) is 3.22. The predicted octanol–water partition coefficient (Wildman–Crippen LogP) is 1.20. The van der Waals surface area contributed by atoms with Gasteiger partial charge >= 0.3 is 0 Å². The van der Waals surface area contributed by atoms with Crippen LogP contribution in [0.5, 0.6) is 0 Å². The Bertz CT molecular complexity index is 533. The Balaban J connectivity index is 2.36. The second-order valence-corrected chi connectivity index (χ2v) is 6.45. The standard InChI is InChI=1S/C12H17FN2O2S/c1-9-10(2)15(7-6-14-9)18(16,17)12-5-3-4-11(13)8-12/h3-5,8-10,14H,6-7H2,1-2H3. The van der Waals surface area contributed by atoms with E-state index in [0.717, 1.165) is 6.07 Å². The van der Waals surface area contributed by atoms with Crippen LogP contribution < -0.4 is 5.32 Å². The number of piperazine rings is 1. The molecule has 0 aliphatic carbocycles. The van der Waals surface area contributed by atoms with Gasteiger partial charge in [0, 0.05) is 25.2 Å². The molecule has 0 aromatic heterocycles. The van der Waals surface area contributed by atoms with Crippen molar-refractivity contribution in [3.05, 3.63) is 30.1 Å². The molecule has 2 rings (SSSR count). The lowest BCUT2D eigenvalue weighted by Crippen LogP contribution is -2.57. The molecule has 1 heterocycles. The van der Waals surface area contributed by atoms with Crippen molar-refractivity contribution in [1.82, 2.24) is 9.62 Å². The van der Waals surface area contributed by atoms with Gasteiger partial charge in [-0.25, -0.2) is 12.8 Å². The van der Waals surface area contributed by atoms with Crippen LogP contribution in [-0.4, -0.2) is 37.9 Å². The largest absolute Gasteiger partial charge is 0.311 e. The van der Waals surface area contributed by atoms with E-state index in [1.54, 1.807) is 0 Å². The quantitative estimate of drug-likeness (QED) is 0.880. The molecular formula is C12H17FN2O2S. The van der Waals surface area contributed by atoms with Crippen LogP contribution in [-0.2, 0) is 10.0 Å². The Morgan fingerprint density at radius 2 is 2.11 bits per heavy atom. The van der Waals surface area contributed by atoms with Gasteiger partial charge in [0.1, 0.15) is 5.82 Å². The molecule has 0 saturated carbocycles. The van der Waals surface area contributed by atoms with Crippen molar-refractivity contribution in [3.63, 3.8) is 0 Å². The number of hydrogen-bond donors (Lipinski definition) is 1. The van der Waals surface area contributed by atoms with E-state index >= 15 is 0 Å². The molecule has 2 unspecified atom stereocenters. The van der Waals surface area contributed by atoms with Crippen LogP contribution in [0.3, 0.4) is 0 Å². The summed E-state index contributed by atoms with van der Waals surface area (Å²) < 4.78 is 39.4. The molecule has 18 heavy (non-hydrogen) atoms. The molecular weight excluding hydrogens is 255 g/mol. The van der Waals surface area contributed by atoms with Gasteiger partial charge in [-0.05, 0) is 32.0 Å². The molecule has 1 aliphatic rings. The third-order valence-electron chi connectivity index (χ3n) is 3.38. The first-order chi connectivity index (χ1) is 8.43. The zero-order valence-corrected chi connectivity index (χ0v) is 11.2. The van der Waals surface area contributed by atoms with Crippen molar-refractivity contribution in [3.8, 4) is 0 Å². The third-order valence-corrected chi connectivity index (χ3v) is 5.36. The van der Waals surface area contributed by atoms with Crippen LogP contribution >= 0.6 is 0 Å². The maximum Gasteiger partial charge on any atom is 0.243 e. The molecule has 1 N–H and O–H groups in total. The van der Waals surface area contributed by atoms with E-state index in [1.807, 2.05) is 13.8 Å².